The predicted molar refractivity (Wildman–Crippen MR) is 156 cm³/mol. The third kappa shape index (κ3) is 4.72. The maximum atomic E-state index is 2.35. The van der Waals surface area contributed by atoms with Gasteiger partial charge < -0.3 is 0 Å². The molecule has 0 N–H and O–H groups in total. The summed E-state index contributed by atoms with van der Waals surface area (Å²) in [6, 6.07) is 35.8. The van der Waals surface area contributed by atoms with E-state index in [0.29, 0.717) is 0 Å². The maximum absolute atomic E-state index is 2.35. The Morgan fingerprint density at radius 1 is 0.400 bits per heavy atom. The first-order valence-electron chi connectivity index (χ1n) is 13.8. The summed E-state index contributed by atoms with van der Waals surface area (Å²) >= 11 is 0. The minimum absolute atomic E-state index is 0.142. The van der Waals surface area contributed by atoms with Gasteiger partial charge in [-0.1, -0.05) is 151 Å². The van der Waals surface area contributed by atoms with Crippen LogP contribution in [0.5, 0.6) is 0 Å². The van der Waals surface area contributed by atoms with Gasteiger partial charge in [-0.2, -0.15) is 0 Å². The second kappa shape index (κ2) is 12.5. The number of rotatable bonds is 2. The first kappa shape index (κ1) is 26.5. The van der Waals surface area contributed by atoms with Gasteiger partial charge in [-0.25, -0.2) is 0 Å². The molecule has 0 bridgehead atoms. The molecule has 0 saturated heterocycles. The number of fused-ring (bicyclic) bond motifs is 5. The zero-order valence-electron chi connectivity index (χ0n) is 22.6. The van der Waals surface area contributed by atoms with Gasteiger partial charge in [0.1, 0.15) is 0 Å². The predicted octanol–water partition coefficient (Wildman–Crippen LogP) is 10.9. The first-order valence-corrected chi connectivity index (χ1v) is 13.8. The minimum Gasteiger partial charge on any atom is -0.0683 e. The Hall–Kier alpha value is -3.12. The average molecular weight is 463 g/mol. The molecule has 182 valence electrons. The smallest absolute Gasteiger partial charge is 0.0227 e. The van der Waals surface area contributed by atoms with Crippen molar-refractivity contribution in [2.75, 3.05) is 0 Å². The molecular formula is C35H42. The quantitative estimate of drug-likeness (QED) is 0.278. The van der Waals surface area contributed by atoms with Crippen molar-refractivity contribution in [2.24, 2.45) is 0 Å². The Kier molecular flexibility index (Phi) is 9.49. The molecule has 0 atom stereocenters. The summed E-state index contributed by atoms with van der Waals surface area (Å²) in [5.41, 5.74) is 11.7. The van der Waals surface area contributed by atoms with Crippen molar-refractivity contribution < 1.29 is 0 Å². The molecule has 0 aliphatic heterocycles. The molecule has 4 aromatic rings. The van der Waals surface area contributed by atoms with Crippen LogP contribution in [0.25, 0.3) is 33.4 Å². The van der Waals surface area contributed by atoms with E-state index in [0.717, 1.165) is 0 Å². The largest absolute Gasteiger partial charge is 0.0683 e. The van der Waals surface area contributed by atoms with Crippen LogP contribution in [0.4, 0.5) is 0 Å². The lowest BCUT2D eigenvalue weighted by atomic mass is 9.72. The second-order valence-electron chi connectivity index (χ2n) is 8.48. The molecule has 0 heterocycles. The monoisotopic (exact) mass is 462 g/mol. The molecule has 6 rings (SSSR count). The molecule has 0 unspecified atom stereocenters. The molecule has 0 nitrogen and oxygen atoms in total. The van der Waals surface area contributed by atoms with Crippen LogP contribution in [-0.4, -0.2) is 0 Å². The van der Waals surface area contributed by atoms with Crippen molar-refractivity contribution in [1.29, 1.82) is 0 Å². The zero-order valence-corrected chi connectivity index (χ0v) is 22.6. The standard InChI is InChI=1S/C29H24.3C2H6/c1-3-11-21(12-4-1)23-15-9-17-25-26-18-10-16-24(22-13-5-2-6-14-22)28(26)29(27(23)25)19-7-8-20-29;3*1-2/h1-6,9-18H,7-8,19-20H2;3*1-2H3. The topological polar surface area (TPSA) is 0 Å². The molecule has 0 heteroatoms. The zero-order chi connectivity index (χ0) is 25.3. The van der Waals surface area contributed by atoms with Crippen molar-refractivity contribution in [3.63, 3.8) is 0 Å². The Labute approximate surface area is 214 Å². The highest BCUT2D eigenvalue weighted by atomic mass is 14.5. The highest BCUT2D eigenvalue weighted by Gasteiger charge is 2.47. The number of hydrogen-bond acceptors (Lipinski definition) is 0. The SMILES string of the molecule is CC.CC.CC.c1ccc(-c2cccc3c2C2(CCCC2)c2c(-c4ccccc4)cccc2-3)cc1. The normalized spacial score (nSPS) is 13.8. The molecule has 0 amide bonds. The van der Waals surface area contributed by atoms with Gasteiger partial charge in [0.15, 0.2) is 0 Å². The minimum atomic E-state index is 0.142. The fourth-order valence-electron chi connectivity index (χ4n) is 5.90. The van der Waals surface area contributed by atoms with E-state index in [1.165, 1.54) is 59.1 Å². The van der Waals surface area contributed by atoms with Gasteiger partial charge in [0.25, 0.3) is 0 Å². The van der Waals surface area contributed by atoms with Crippen LogP contribution >= 0.6 is 0 Å². The average Bonchev–Trinajstić information content (AvgIpc) is 3.57. The molecule has 0 aromatic heterocycles. The van der Waals surface area contributed by atoms with Gasteiger partial charge in [-0.3, -0.25) is 0 Å². The molecule has 1 saturated carbocycles. The summed E-state index contributed by atoms with van der Waals surface area (Å²) in [6.07, 6.45) is 5.12. The fraction of sp³-hybridized carbons (Fsp3) is 0.314. The summed E-state index contributed by atoms with van der Waals surface area (Å²) in [6.45, 7) is 12.0. The van der Waals surface area contributed by atoms with Crippen LogP contribution in [0.15, 0.2) is 97.1 Å². The van der Waals surface area contributed by atoms with Gasteiger partial charge in [0.05, 0.1) is 0 Å². The van der Waals surface area contributed by atoms with Crippen molar-refractivity contribution in [1.82, 2.24) is 0 Å². The number of benzene rings is 4. The lowest BCUT2D eigenvalue weighted by Crippen LogP contribution is -2.22. The lowest BCUT2D eigenvalue weighted by Gasteiger charge is -2.30. The maximum Gasteiger partial charge on any atom is 0.0227 e. The Bertz CT molecular complexity index is 1090. The first-order chi connectivity index (χ1) is 17.4. The summed E-state index contributed by atoms with van der Waals surface area (Å²) in [5.74, 6) is 0. The second-order valence-corrected chi connectivity index (χ2v) is 8.48. The van der Waals surface area contributed by atoms with E-state index in [1.54, 1.807) is 11.1 Å². The summed E-state index contributed by atoms with van der Waals surface area (Å²) in [4.78, 5) is 0. The van der Waals surface area contributed by atoms with Gasteiger partial charge >= 0.3 is 0 Å². The highest BCUT2D eigenvalue weighted by Crippen LogP contribution is 2.61. The van der Waals surface area contributed by atoms with Crippen LogP contribution in [-0.2, 0) is 5.41 Å². The molecule has 4 aromatic carbocycles. The molecule has 35 heavy (non-hydrogen) atoms. The molecule has 2 aliphatic carbocycles. The Morgan fingerprint density at radius 3 is 1.11 bits per heavy atom. The van der Waals surface area contributed by atoms with Crippen molar-refractivity contribution in [3.05, 3.63) is 108 Å². The molecule has 2 aliphatic rings. The van der Waals surface area contributed by atoms with E-state index in [4.69, 9.17) is 0 Å². The van der Waals surface area contributed by atoms with E-state index >= 15 is 0 Å². The summed E-state index contributed by atoms with van der Waals surface area (Å²) < 4.78 is 0. The van der Waals surface area contributed by atoms with Crippen LogP contribution < -0.4 is 0 Å². The highest BCUT2D eigenvalue weighted by molar-refractivity contribution is 5.93. The molecule has 0 radical (unpaired) electrons. The Balaban J connectivity index is 0.000000533. The van der Waals surface area contributed by atoms with Gasteiger partial charge in [-0.05, 0) is 57.3 Å². The number of hydrogen-bond donors (Lipinski definition) is 0. The van der Waals surface area contributed by atoms with Gasteiger partial charge in [0.2, 0.25) is 0 Å². The van der Waals surface area contributed by atoms with E-state index in [-0.39, 0.29) is 5.41 Å². The molecule has 1 fully saturated rings. The van der Waals surface area contributed by atoms with Crippen molar-refractivity contribution in [3.8, 4) is 33.4 Å². The van der Waals surface area contributed by atoms with Crippen LogP contribution in [0.2, 0.25) is 0 Å². The van der Waals surface area contributed by atoms with Gasteiger partial charge in [0, 0.05) is 5.41 Å². The van der Waals surface area contributed by atoms with Crippen LogP contribution in [0.1, 0.15) is 78.4 Å². The molecular weight excluding hydrogens is 420 g/mol. The molecule has 1 spiro atoms. The van der Waals surface area contributed by atoms with E-state index < -0.39 is 0 Å². The summed E-state index contributed by atoms with van der Waals surface area (Å²) in [7, 11) is 0. The van der Waals surface area contributed by atoms with Crippen LogP contribution in [0, 0.1) is 0 Å². The lowest BCUT2D eigenvalue weighted by molar-refractivity contribution is 0.552. The summed E-state index contributed by atoms with van der Waals surface area (Å²) in [5, 5.41) is 0. The van der Waals surface area contributed by atoms with E-state index in [9.17, 15) is 0 Å². The third-order valence-corrected chi connectivity index (χ3v) is 7.00. The van der Waals surface area contributed by atoms with Crippen LogP contribution in [0.3, 0.4) is 0 Å². The van der Waals surface area contributed by atoms with E-state index in [1.807, 2.05) is 41.5 Å². The van der Waals surface area contributed by atoms with Gasteiger partial charge in [-0.15, -0.1) is 0 Å². The Morgan fingerprint density at radius 2 is 0.743 bits per heavy atom. The van der Waals surface area contributed by atoms with Crippen molar-refractivity contribution >= 4 is 0 Å². The fourth-order valence-corrected chi connectivity index (χ4v) is 5.90. The van der Waals surface area contributed by atoms with E-state index in [2.05, 4.69) is 97.1 Å². The third-order valence-electron chi connectivity index (χ3n) is 7.00. The van der Waals surface area contributed by atoms with Crippen molar-refractivity contribution in [2.45, 2.75) is 72.6 Å².